The number of halogens is 2. The predicted octanol–water partition coefficient (Wildman–Crippen LogP) is 4.93. The maximum absolute atomic E-state index is 14.0. The number of methoxy groups -OCH3 is 2. The van der Waals surface area contributed by atoms with Gasteiger partial charge >= 0.3 is 0 Å². The Kier molecular flexibility index (Phi) is 6.39. The summed E-state index contributed by atoms with van der Waals surface area (Å²) in [7, 11) is 3.17. The topological polar surface area (TPSA) is 64.8 Å². The van der Waals surface area contributed by atoms with E-state index < -0.39 is 11.6 Å². The third-order valence-electron chi connectivity index (χ3n) is 5.67. The summed E-state index contributed by atoms with van der Waals surface area (Å²) >= 11 is 0. The molecule has 4 rings (SSSR count). The third kappa shape index (κ3) is 4.44. The number of aromatic nitrogens is 1. The molecule has 1 aliphatic heterocycles. The lowest BCUT2D eigenvalue weighted by Gasteiger charge is -2.25. The average Bonchev–Trinajstić information content (AvgIpc) is 3.47. The standard InChI is InChI=1S/C24H24F2N2O4/c1-30-20-8-5-15(12-21(20)31-2)19-4-3-11-28(19)24(29)10-9-23-27-14-22(32-23)17-7-6-16(25)13-18(17)26/h5-8,12-14,19H,3-4,9-11H2,1-2H3. The minimum atomic E-state index is -0.724. The fourth-order valence-corrected chi connectivity index (χ4v) is 4.07. The van der Waals surface area contributed by atoms with Gasteiger partial charge in [0.05, 0.1) is 32.0 Å². The second kappa shape index (κ2) is 9.38. The van der Waals surface area contributed by atoms with Crippen molar-refractivity contribution in [1.29, 1.82) is 0 Å². The molecular weight excluding hydrogens is 418 g/mol. The number of carbonyl (C=O) groups is 1. The van der Waals surface area contributed by atoms with Gasteiger partial charge in [-0.1, -0.05) is 6.07 Å². The van der Waals surface area contributed by atoms with Crippen LogP contribution in [-0.2, 0) is 11.2 Å². The van der Waals surface area contributed by atoms with E-state index in [4.69, 9.17) is 13.9 Å². The Morgan fingerprint density at radius 3 is 2.72 bits per heavy atom. The Morgan fingerprint density at radius 1 is 1.16 bits per heavy atom. The Labute approximate surface area is 184 Å². The summed E-state index contributed by atoms with van der Waals surface area (Å²) in [6, 6.07) is 8.93. The minimum Gasteiger partial charge on any atom is -0.493 e. The molecule has 1 atom stereocenters. The molecule has 0 N–H and O–H groups in total. The van der Waals surface area contributed by atoms with E-state index in [0.29, 0.717) is 23.9 Å². The van der Waals surface area contributed by atoms with Crippen LogP contribution in [0.3, 0.4) is 0 Å². The Morgan fingerprint density at radius 2 is 1.97 bits per heavy atom. The van der Waals surface area contributed by atoms with Crippen molar-refractivity contribution in [2.75, 3.05) is 20.8 Å². The van der Waals surface area contributed by atoms with Crippen molar-refractivity contribution in [2.24, 2.45) is 0 Å². The molecule has 1 fully saturated rings. The summed E-state index contributed by atoms with van der Waals surface area (Å²) in [6.45, 7) is 0.676. The molecule has 0 aliphatic carbocycles. The molecule has 1 aromatic heterocycles. The van der Waals surface area contributed by atoms with Crippen LogP contribution in [0.4, 0.5) is 8.78 Å². The highest BCUT2D eigenvalue weighted by molar-refractivity contribution is 5.77. The SMILES string of the molecule is COc1ccc(C2CCCN2C(=O)CCc2ncc(-c3ccc(F)cc3F)o2)cc1OC. The number of ether oxygens (including phenoxy) is 2. The first-order chi connectivity index (χ1) is 15.5. The number of hydrogen-bond donors (Lipinski definition) is 0. The predicted molar refractivity (Wildman–Crippen MR) is 113 cm³/mol. The minimum absolute atomic E-state index is 0.00463. The van der Waals surface area contributed by atoms with Crippen molar-refractivity contribution >= 4 is 5.91 Å². The molecule has 3 aromatic rings. The summed E-state index contributed by atoms with van der Waals surface area (Å²) in [5, 5.41) is 0. The lowest BCUT2D eigenvalue weighted by molar-refractivity contribution is -0.132. The quantitative estimate of drug-likeness (QED) is 0.519. The van der Waals surface area contributed by atoms with E-state index >= 15 is 0 Å². The first-order valence-electron chi connectivity index (χ1n) is 10.4. The van der Waals surface area contributed by atoms with Crippen LogP contribution in [0.2, 0.25) is 0 Å². The summed E-state index contributed by atoms with van der Waals surface area (Å²) in [5.74, 6) is 0.419. The van der Waals surface area contributed by atoms with Gasteiger partial charge in [0.15, 0.2) is 23.1 Å². The molecule has 1 unspecified atom stereocenters. The van der Waals surface area contributed by atoms with Gasteiger partial charge in [-0.3, -0.25) is 4.79 Å². The van der Waals surface area contributed by atoms with Gasteiger partial charge in [0.2, 0.25) is 5.91 Å². The second-order valence-corrected chi connectivity index (χ2v) is 7.60. The molecule has 2 heterocycles. The number of aryl methyl sites for hydroxylation is 1. The number of likely N-dealkylation sites (tertiary alicyclic amines) is 1. The van der Waals surface area contributed by atoms with E-state index in [2.05, 4.69) is 4.98 Å². The van der Waals surface area contributed by atoms with Gasteiger partial charge in [0.25, 0.3) is 0 Å². The second-order valence-electron chi connectivity index (χ2n) is 7.60. The lowest BCUT2D eigenvalue weighted by Crippen LogP contribution is -2.30. The van der Waals surface area contributed by atoms with Crippen molar-refractivity contribution in [1.82, 2.24) is 9.88 Å². The summed E-state index contributed by atoms with van der Waals surface area (Å²) in [4.78, 5) is 19.0. The van der Waals surface area contributed by atoms with Gasteiger partial charge in [-0.05, 0) is 42.7 Å². The maximum Gasteiger partial charge on any atom is 0.223 e. The zero-order chi connectivity index (χ0) is 22.7. The number of carbonyl (C=O) groups excluding carboxylic acids is 1. The van der Waals surface area contributed by atoms with Crippen molar-refractivity contribution in [3.63, 3.8) is 0 Å². The van der Waals surface area contributed by atoms with Gasteiger partial charge in [0, 0.05) is 25.5 Å². The fraction of sp³-hybridized carbons (Fsp3) is 0.333. The molecule has 168 valence electrons. The smallest absolute Gasteiger partial charge is 0.223 e. The molecule has 1 aliphatic rings. The van der Waals surface area contributed by atoms with Crippen molar-refractivity contribution in [3.8, 4) is 22.8 Å². The van der Waals surface area contributed by atoms with Gasteiger partial charge in [-0.25, -0.2) is 13.8 Å². The first kappa shape index (κ1) is 21.8. The van der Waals surface area contributed by atoms with Gasteiger partial charge in [-0.2, -0.15) is 0 Å². The highest BCUT2D eigenvalue weighted by Gasteiger charge is 2.30. The Balaban J connectivity index is 1.42. The third-order valence-corrected chi connectivity index (χ3v) is 5.67. The van der Waals surface area contributed by atoms with Crippen LogP contribution < -0.4 is 9.47 Å². The number of oxazole rings is 1. The van der Waals surface area contributed by atoms with Gasteiger partial charge < -0.3 is 18.8 Å². The van der Waals surface area contributed by atoms with Gasteiger partial charge in [0.1, 0.15) is 11.6 Å². The highest BCUT2D eigenvalue weighted by Crippen LogP contribution is 2.37. The highest BCUT2D eigenvalue weighted by atomic mass is 19.1. The Hall–Kier alpha value is -3.42. The van der Waals surface area contributed by atoms with Crippen LogP contribution in [0.5, 0.6) is 11.5 Å². The van der Waals surface area contributed by atoms with E-state index in [0.717, 1.165) is 30.5 Å². The molecule has 0 bridgehead atoms. The summed E-state index contributed by atoms with van der Waals surface area (Å²) in [5.41, 5.74) is 1.13. The van der Waals surface area contributed by atoms with E-state index in [1.165, 1.54) is 12.3 Å². The van der Waals surface area contributed by atoms with Crippen LogP contribution in [0.25, 0.3) is 11.3 Å². The van der Waals surface area contributed by atoms with E-state index in [1.807, 2.05) is 23.1 Å². The van der Waals surface area contributed by atoms with Crippen molar-refractivity contribution in [2.45, 2.75) is 31.7 Å². The number of rotatable bonds is 7. The lowest BCUT2D eigenvalue weighted by atomic mass is 10.0. The van der Waals surface area contributed by atoms with Crippen LogP contribution in [-0.4, -0.2) is 36.6 Å². The number of amides is 1. The zero-order valence-electron chi connectivity index (χ0n) is 17.9. The van der Waals surface area contributed by atoms with E-state index in [-0.39, 0.29) is 36.1 Å². The van der Waals surface area contributed by atoms with Crippen LogP contribution in [0.1, 0.15) is 36.8 Å². The fourth-order valence-electron chi connectivity index (χ4n) is 4.07. The molecule has 1 amide bonds. The molecule has 0 spiro atoms. The molecule has 32 heavy (non-hydrogen) atoms. The Bertz CT molecular complexity index is 1120. The molecule has 1 saturated heterocycles. The monoisotopic (exact) mass is 442 g/mol. The molecular formula is C24H24F2N2O4. The number of benzene rings is 2. The van der Waals surface area contributed by atoms with Crippen LogP contribution in [0.15, 0.2) is 47.0 Å². The van der Waals surface area contributed by atoms with E-state index in [9.17, 15) is 13.6 Å². The van der Waals surface area contributed by atoms with E-state index in [1.54, 1.807) is 14.2 Å². The molecule has 6 nitrogen and oxygen atoms in total. The number of nitrogens with zero attached hydrogens (tertiary/aromatic N) is 2. The van der Waals surface area contributed by atoms with Crippen LogP contribution in [0, 0.1) is 11.6 Å². The van der Waals surface area contributed by atoms with Crippen molar-refractivity contribution in [3.05, 3.63) is 65.7 Å². The van der Waals surface area contributed by atoms with Crippen LogP contribution >= 0.6 is 0 Å². The molecule has 0 radical (unpaired) electrons. The zero-order valence-corrected chi connectivity index (χ0v) is 17.9. The van der Waals surface area contributed by atoms with Gasteiger partial charge in [-0.15, -0.1) is 0 Å². The molecule has 0 saturated carbocycles. The normalized spacial score (nSPS) is 15.8. The van der Waals surface area contributed by atoms with Crippen molar-refractivity contribution < 1.29 is 27.5 Å². The molecule has 2 aromatic carbocycles. The summed E-state index contributed by atoms with van der Waals surface area (Å²) in [6.07, 6.45) is 3.68. The largest absolute Gasteiger partial charge is 0.493 e. The first-order valence-corrected chi connectivity index (χ1v) is 10.4. The average molecular weight is 442 g/mol. The number of hydrogen-bond acceptors (Lipinski definition) is 5. The maximum atomic E-state index is 14.0. The summed E-state index contributed by atoms with van der Waals surface area (Å²) < 4.78 is 43.4. The molecule has 8 heteroatoms.